The number of hydrogen-bond donors (Lipinski definition) is 1. The molecule has 0 saturated carbocycles. The van der Waals surface area contributed by atoms with Crippen molar-refractivity contribution in [3.05, 3.63) is 58.6 Å². The third kappa shape index (κ3) is 3.34. The van der Waals surface area contributed by atoms with Gasteiger partial charge in [0.1, 0.15) is 11.5 Å². The second kappa shape index (κ2) is 6.03. The minimum atomic E-state index is 0.0680. The Morgan fingerprint density at radius 1 is 1.11 bits per heavy atom. The summed E-state index contributed by atoms with van der Waals surface area (Å²) in [5, 5.41) is 0. The van der Waals surface area contributed by atoms with Gasteiger partial charge in [0.15, 0.2) is 0 Å². The number of benzene rings is 2. The van der Waals surface area contributed by atoms with E-state index >= 15 is 0 Å². The van der Waals surface area contributed by atoms with Crippen LogP contribution in [-0.4, -0.2) is 0 Å². The zero-order valence-electron chi connectivity index (χ0n) is 10.3. The molecule has 0 aliphatic carbocycles. The molecule has 0 fully saturated rings. The lowest BCUT2D eigenvalue weighted by atomic mass is 10.1. The number of nitrogens with two attached hydrogens (primary N) is 1. The van der Waals surface area contributed by atoms with Gasteiger partial charge in [-0.1, -0.05) is 35.0 Å². The summed E-state index contributed by atoms with van der Waals surface area (Å²) in [4.78, 5) is 0. The lowest BCUT2D eigenvalue weighted by Gasteiger charge is -2.11. The average Bonchev–Trinajstić information content (AvgIpc) is 2.41. The molecule has 3 heteroatoms. The minimum Gasteiger partial charge on any atom is -0.457 e. The summed E-state index contributed by atoms with van der Waals surface area (Å²) >= 11 is 3.40. The molecule has 0 saturated heterocycles. The van der Waals surface area contributed by atoms with E-state index in [4.69, 9.17) is 10.5 Å². The lowest BCUT2D eigenvalue weighted by molar-refractivity contribution is 0.481. The number of rotatable bonds is 4. The Morgan fingerprint density at radius 2 is 1.83 bits per heavy atom. The van der Waals surface area contributed by atoms with Gasteiger partial charge in [-0.15, -0.1) is 0 Å². The van der Waals surface area contributed by atoms with Gasteiger partial charge in [0.25, 0.3) is 0 Å². The highest BCUT2D eigenvalue weighted by Crippen LogP contribution is 2.25. The van der Waals surface area contributed by atoms with Gasteiger partial charge < -0.3 is 10.5 Å². The topological polar surface area (TPSA) is 35.2 Å². The van der Waals surface area contributed by atoms with Crippen molar-refractivity contribution >= 4 is 15.9 Å². The SMILES string of the molecule is CCC(N)c1cccc(Oc2ccc(Br)cc2)c1. The molecule has 0 heterocycles. The minimum absolute atomic E-state index is 0.0680. The van der Waals surface area contributed by atoms with Crippen LogP contribution in [0.4, 0.5) is 0 Å². The highest BCUT2D eigenvalue weighted by molar-refractivity contribution is 9.10. The maximum Gasteiger partial charge on any atom is 0.127 e. The number of hydrogen-bond acceptors (Lipinski definition) is 2. The Labute approximate surface area is 116 Å². The van der Waals surface area contributed by atoms with E-state index in [9.17, 15) is 0 Å². The molecule has 0 aliphatic rings. The predicted molar refractivity (Wildman–Crippen MR) is 77.9 cm³/mol. The van der Waals surface area contributed by atoms with Gasteiger partial charge in [-0.3, -0.25) is 0 Å². The van der Waals surface area contributed by atoms with Crippen LogP contribution in [0.25, 0.3) is 0 Å². The molecule has 0 radical (unpaired) electrons. The van der Waals surface area contributed by atoms with E-state index in [-0.39, 0.29) is 6.04 Å². The van der Waals surface area contributed by atoms with E-state index in [1.807, 2.05) is 48.5 Å². The Hall–Kier alpha value is -1.32. The molecule has 2 aromatic rings. The molecule has 1 atom stereocenters. The van der Waals surface area contributed by atoms with Crippen molar-refractivity contribution in [3.63, 3.8) is 0 Å². The summed E-state index contributed by atoms with van der Waals surface area (Å²) in [6.45, 7) is 2.08. The third-order valence-electron chi connectivity index (χ3n) is 2.78. The van der Waals surface area contributed by atoms with Crippen LogP contribution in [0, 0.1) is 0 Å². The van der Waals surface area contributed by atoms with Crippen molar-refractivity contribution in [1.82, 2.24) is 0 Å². The third-order valence-corrected chi connectivity index (χ3v) is 3.30. The predicted octanol–water partition coefficient (Wildman–Crippen LogP) is 4.65. The van der Waals surface area contributed by atoms with Gasteiger partial charge >= 0.3 is 0 Å². The summed E-state index contributed by atoms with van der Waals surface area (Å²) in [6.07, 6.45) is 0.918. The van der Waals surface area contributed by atoms with E-state index in [0.29, 0.717) is 0 Å². The first-order valence-electron chi connectivity index (χ1n) is 5.98. The first kappa shape index (κ1) is 13.1. The number of ether oxygens (including phenoxy) is 1. The maximum absolute atomic E-state index is 6.01. The molecule has 2 aromatic carbocycles. The summed E-state index contributed by atoms with van der Waals surface area (Å²) in [6, 6.07) is 15.8. The molecule has 0 bridgehead atoms. The molecule has 2 N–H and O–H groups in total. The molecular formula is C15H16BrNO. The lowest BCUT2D eigenvalue weighted by Crippen LogP contribution is -2.08. The van der Waals surface area contributed by atoms with Crippen molar-refractivity contribution in [3.8, 4) is 11.5 Å². The van der Waals surface area contributed by atoms with Crippen LogP contribution >= 0.6 is 15.9 Å². The van der Waals surface area contributed by atoms with Crippen LogP contribution in [-0.2, 0) is 0 Å². The van der Waals surface area contributed by atoms with E-state index < -0.39 is 0 Å². The zero-order chi connectivity index (χ0) is 13.0. The van der Waals surface area contributed by atoms with Gasteiger partial charge in [-0.25, -0.2) is 0 Å². The summed E-state index contributed by atoms with van der Waals surface area (Å²) < 4.78 is 6.83. The van der Waals surface area contributed by atoms with Gasteiger partial charge in [0, 0.05) is 10.5 Å². The van der Waals surface area contributed by atoms with Crippen molar-refractivity contribution in [1.29, 1.82) is 0 Å². The second-order valence-corrected chi connectivity index (χ2v) is 5.06. The van der Waals surface area contributed by atoms with Crippen LogP contribution in [0.3, 0.4) is 0 Å². The van der Waals surface area contributed by atoms with E-state index in [0.717, 1.165) is 28.0 Å². The van der Waals surface area contributed by atoms with Crippen LogP contribution in [0.5, 0.6) is 11.5 Å². The van der Waals surface area contributed by atoms with Crippen molar-refractivity contribution in [2.45, 2.75) is 19.4 Å². The van der Waals surface area contributed by atoms with Crippen molar-refractivity contribution < 1.29 is 4.74 Å². The smallest absolute Gasteiger partial charge is 0.127 e. The molecule has 18 heavy (non-hydrogen) atoms. The Bertz CT molecular complexity index is 510. The monoisotopic (exact) mass is 305 g/mol. The van der Waals surface area contributed by atoms with Crippen molar-refractivity contribution in [2.24, 2.45) is 5.73 Å². The summed E-state index contributed by atoms with van der Waals surface area (Å²) in [5.74, 6) is 1.64. The Morgan fingerprint density at radius 3 is 2.50 bits per heavy atom. The van der Waals surface area contributed by atoms with Gasteiger partial charge in [0.05, 0.1) is 0 Å². The first-order valence-corrected chi connectivity index (χ1v) is 6.77. The second-order valence-electron chi connectivity index (χ2n) is 4.14. The highest BCUT2D eigenvalue weighted by atomic mass is 79.9. The molecular weight excluding hydrogens is 290 g/mol. The average molecular weight is 306 g/mol. The normalized spacial score (nSPS) is 12.2. The number of halogens is 1. The molecule has 2 rings (SSSR count). The molecule has 0 aromatic heterocycles. The van der Waals surface area contributed by atoms with Crippen LogP contribution < -0.4 is 10.5 Å². The fourth-order valence-corrected chi connectivity index (χ4v) is 1.95. The summed E-state index contributed by atoms with van der Waals surface area (Å²) in [7, 11) is 0. The molecule has 0 amide bonds. The van der Waals surface area contributed by atoms with Gasteiger partial charge in [-0.2, -0.15) is 0 Å². The van der Waals surface area contributed by atoms with Crippen LogP contribution in [0.15, 0.2) is 53.0 Å². The van der Waals surface area contributed by atoms with E-state index in [1.54, 1.807) is 0 Å². The zero-order valence-corrected chi connectivity index (χ0v) is 11.9. The Kier molecular flexibility index (Phi) is 4.39. The van der Waals surface area contributed by atoms with E-state index in [2.05, 4.69) is 22.9 Å². The first-order chi connectivity index (χ1) is 8.69. The van der Waals surface area contributed by atoms with Crippen molar-refractivity contribution in [2.75, 3.05) is 0 Å². The molecule has 0 aliphatic heterocycles. The fourth-order valence-electron chi connectivity index (χ4n) is 1.68. The Balaban J connectivity index is 2.16. The van der Waals surface area contributed by atoms with Gasteiger partial charge in [0.2, 0.25) is 0 Å². The molecule has 94 valence electrons. The van der Waals surface area contributed by atoms with Gasteiger partial charge in [-0.05, 0) is 48.4 Å². The summed E-state index contributed by atoms with van der Waals surface area (Å²) in [5.41, 5.74) is 7.12. The van der Waals surface area contributed by atoms with Crippen LogP contribution in [0.1, 0.15) is 24.9 Å². The van der Waals surface area contributed by atoms with E-state index in [1.165, 1.54) is 0 Å². The van der Waals surface area contributed by atoms with Crippen LogP contribution in [0.2, 0.25) is 0 Å². The quantitative estimate of drug-likeness (QED) is 0.892. The molecule has 0 spiro atoms. The largest absolute Gasteiger partial charge is 0.457 e. The molecule has 1 unspecified atom stereocenters. The molecule has 2 nitrogen and oxygen atoms in total. The fraction of sp³-hybridized carbons (Fsp3) is 0.200. The highest BCUT2D eigenvalue weighted by Gasteiger charge is 2.05. The standard InChI is InChI=1S/C15H16BrNO/c1-2-15(17)11-4-3-5-14(10-11)18-13-8-6-12(16)7-9-13/h3-10,15H,2,17H2,1H3. The maximum atomic E-state index is 6.01.